The molecule has 7 heteroatoms. The van der Waals surface area contributed by atoms with Crippen LogP contribution in [0.25, 0.3) is 0 Å². The smallest absolute Gasteiger partial charge is 0.152 e. The van der Waals surface area contributed by atoms with Crippen LogP contribution in [-0.2, 0) is 16.4 Å². The molecule has 2 heterocycles. The predicted molar refractivity (Wildman–Crippen MR) is 58.1 cm³/mol. The zero-order chi connectivity index (χ0) is 12.5. The van der Waals surface area contributed by atoms with Gasteiger partial charge in [-0.15, -0.1) is 0 Å². The van der Waals surface area contributed by atoms with E-state index in [0.29, 0.717) is 13.1 Å². The Morgan fingerprint density at radius 2 is 1.94 bits per heavy atom. The number of pyridine rings is 1. The number of rotatable bonds is 2. The number of nitrogens with zero attached hydrogens (tertiary/aromatic N) is 2. The van der Waals surface area contributed by atoms with E-state index in [9.17, 15) is 17.2 Å². The third-order valence-electron chi connectivity index (χ3n) is 2.69. The van der Waals surface area contributed by atoms with Gasteiger partial charge in [-0.25, -0.2) is 17.2 Å². The summed E-state index contributed by atoms with van der Waals surface area (Å²) < 4.78 is 48.3. The average Bonchev–Trinajstić information content (AvgIpc) is 2.25. The minimum absolute atomic E-state index is 0.0792. The van der Waals surface area contributed by atoms with Crippen LogP contribution in [0.4, 0.5) is 8.78 Å². The maximum atomic E-state index is 13.3. The van der Waals surface area contributed by atoms with Crippen molar-refractivity contribution in [1.82, 2.24) is 9.88 Å². The lowest BCUT2D eigenvalue weighted by atomic mass is 10.3. The Morgan fingerprint density at radius 3 is 2.53 bits per heavy atom. The minimum Gasteiger partial charge on any atom is -0.295 e. The van der Waals surface area contributed by atoms with Crippen LogP contribution in [0.3, 0.4) is 0 Å². The van der Waals surface area contributed by atoms with Gasteiger partial charge in [0.15, 0.2) is 9.84 Å². The van der Waals surface area contributed by atoms with Gasteiger partial charge >= 0.3 is 0 Å². The molecule has 1 saturated heterocycles. The fraction of sp³-hybridized carbons (Fsp3) is 0.500. The van der Waals surface area contributed by atoms with Gasteiger partial charge in [-0.05, 0) is 0 Å². The number of hydrogen-bond acceptors (Lipinski definition) is 4. The van der Waals surface area contributed by atoms with Crippen molar-refractivity contribution in [3.8, 4) is 0 Å². The van der Waals surface area contributed by atoms with E-state index in [0.717, 1.165) is 12.3 Å². The summed E-state index contributed by atoms with van der Waals surface area (Å²) in [5.41, 5.74) is 0.144. The molecular weight excluding hydrogens is 250 g/mol. The van der Waals surface area contributed by atoms with E-state index in [1.165, 1.54) is 0 Å². The lowest BCUT2D eigenvalue weighted by Gasteiger charge is -2.26. The van der Waals surface area contributed by atoms with Gasteiger partial charge in [0.1, 0.15) is 11.6 Å². The molecular formula is C10H12F2N2O2S. The molecule has 1 aliphatic heterocycles. The second kappa shape index (κ2) is 4.66. The fourth-order valence-corrected chi connectivity index (χ4v) is 2.96. The Kier molecular flexibility index (Phi) is 3.39. The normalized spacial score (nSPS) is 20.4. The number of hydrogen-bond donors (Lipinski definition) is 0. The summed E-state index contributed by atoms with van der Waals surface area (Å²) in [6.07, 6.45) is 0.957. The molecule has 0 saturated carbocycles. The van der Waals surface area contributed by atoms with Gasteiger partial charge < -0.3 is 0 Å². The summed E-state index contributed by atoms with van der Waals surface area (Å²) in [6, 6.07) is 0.781. The molecule has 1 fully saturated rings. The first-order valence-electron chi connectivity index (χ1n) is 5.19. The van der Waals surface area contributed by atoms with E-state index in [2.05, 4.69) is 4.98 Å². The lowest BCUT2D eigenvalue weighted by molar-refractivity contribution is 0.279. The van der Waals surface area contributed by atoms with Crippen LogP contribution in [0, 0.1) is 11.6 Å². The molecule has 94 valence electrons. The van der Waals surface area contributed by atoms with Crippen molar-refractivity contribution in [2.45, 2.75) is 6.54 Å². The quantitative estimate of drug-likeness (QED) is 0.782. The lowest BCUT2D eigenvalue weighted by Crippen LogP contribution is -2.40. The van der Waals surface area contributed by atoms with E-state index in [1.807, 2.05) is 0 Å². The Labute approximate surface area is 98.2 Å². The first kappa shape index (κ1) is 12.4. The molecule has 2 rings (SSSR count). The molecule has 1 aliphatic rings. The monoisotopic (exact) mass is 262 g/mol. The van der Waals surface area contributed by atoms with Crippen LogP contribution in [0.5, 0.6) is 0 Å². The van der Waals surface area contributed by atoms with Crippen molar-refractivity contribution in [1.29, 1.82) is 0 Å². The third-order valence-corrected chi connectivity index (χ3v) is 4.30. The van der Waals surface area contributed by atoms with Crippen molar-refractivity contribution in [3.63, 3.8) is 0 Å². The highest BCUT2D eigenvalue weighted by molar-refractivity contribution is 7.91. The Hall–Kier alpha value is -1.08. The molecule has 0 spiro atoms. The summed E-state index contributed by atoms with van der Waals surface area (Å²) >= 11 is 0. The van der Waals surface area contributed by atoms with E-state index < -0.39 is 21.5 Å². The maximum Gasteiger partial charge on any atom is 0.152 e. The maximum absolute atomic E-state index is 13.3. The highest BCUT2D eigenvalue weighted by Crippen LogP contribution is 2.11. The van der Waals surface area contributed by atoms with Gasteiger partial charge in [-0.2, -0.15) is 0 Å². The van der Waals surface area contributed by atoms with Gasteiger partial charge in [0.2, 0.25) is 0 Å². The number of aromatic nitrogens is 1. The fourth-order valence-electron chi connectivity index (χ4n) is 1.68. The topological polar surface area (TPSA) is 50.3 Å². The van der Waals surface area contributed by atoms with Crippen molar-refractivity contribution >= 4 is 9.84 Å². The summed E-state index contributed by atoms with van der Waals surface area (Å²) in [5.74, 6) is -1.25. The van der Waals surface area contributed by atoms with Crippen LogP contribution in [0.15, 0.2) is 12.3 Å². The summed E-state index contributed by atoms with van der Waals surface area (Å²) in [5, 5.41) is 0. The van der Waals surface area contributed by atoms with E-state index in [1.54, 1.807) is 4.90 Å². The number of halogens is 2. The first-order chi connectivity index (χ1) is 7.96. The van der Waals surface area contributed by atoms with E-state index in [4.69, 9.17) is 0 Å². The van der Waals surface area contributed by atoms with Crippen LogP contribution >= 0.6 is 0 Å². The molecule has 0 amide bonds. The largest absolute Gasteiger partial charge is 0.295 e. The minimum atomic E-state index is -2.94. The Bertz CT molecular complexity index is 505. The molecule has 0 aliphatic carbocycles. The zero-order valence-electron chi connectivity index (χ0n) is 9.07. The van der Waals surface area contributed by atoms with Crippen LogP contribution in [0.1, 0.15) is 5.69 Å². The molecule has 1 aromatic rings. The molecule has 0 atom stereocenters. The van der Waals surface area contributed by atoms with Gasteiger partial charge in [-0.3, -0.25) is 9.88 Å². The molecule has 0 unspecified atom stereocenters. The van der Waals surface area contributed by atoms with Crippen LogP contribution in [-0.4, -0.2) is 42.9 Å². The van der Waals surface area contributed by atoms with Gasteiger partial charge in [0.05, 0.1) is 23.4 Å². The standard InChI is InChI=1S/C10H12F2N2O2S/c11-8-5-9(12)10(13-6-8)7-14-1-3-17(15,16)4-2-14/h5-6H,1-4,7H2. The zero-order valence-corrected chi connectivity index (χ0v) is 9.88. The van der Waals surface area contributed by atoms with Crippen LogP contribution < -0.4 is 0 Å². The third kappa shape index (κ3) is 3.19. The molecule has 17 heavy (non-hydrogen) atoms. The second-order valence-electron chi connectivity index (χ2n) is 4.01. The van der Waals surface area contributed by atoms with Crippen molar-refractivity contribution in [2.75, 3.05) is 24.6 Å². The van der Waals surface area contributed by atoms with Crippen LogP contribution in [0.2, 0.25) is 0 Å². The van der Waals surface area contributed by atoms with Gasteiger partial charge in [-0.1, -0.05) is 0 Å². The van der Waals surface area contributed by atoms with Crippen molar-refractivity contribution in [2.24, 2.45) is 0 Å². The average molecular weight is 262 g/mol. The highest BCUT2D eigenvalue weighted by atomic mass is 32.2. The molecule has 1 aromatic heterocycles. The SMILES string of the molecule is O=S1(=O)CCN(Cc2ncc(F)cc2F)CC1. The van der Waals surface area contributed by atoms with E-state index in [-0.39, 0.29) is 23.7 Å². The molecule has 0 aromatic carbocycles. The second-order valence-corrected chi connectivity index (χ2v) is 6.31. The molecule has 0 radical (unpaired) electrons. The Balaban J connectivity index is 2.02. The van der Waals surface area contributed by atoms with Crippen molar-refractivity contribution < 1.29 is 17.2 Å². The Morgan fingerprint density at radius 1 is 1.29 bits per heavy atom. The summed E-state index contributed by atoms with van der Waals surface area (Å²) in [6.45, 7) is 0.934. The molecule has 0 bridgehead atoms. The van der Waals surface area contributed by atoms with E-state index >= 15 is 0 Å². The summed E-state index contributed by atoms with van der Waals surface area (Å²) in [4.78, 5) is 5.46. The van der Waals surface area contributed by atoms with Gasteiger partial charge in [0.25, 0.3) is 0 Å². The first-order valence-corrected chi connectivity index (χ1v) is 7.01. The molecule has 4 nitrogen and oxygen atoms in total. The predicted octanol–water partition coefficient (Wildman–Crippen LogP) is 0.590. The summed E-state index contributed by atoms with van der Waals surface area (Å²) in [7, 11) is -2.94. The number of sulfone groups is 1. The molecule has 0 N–H and O–H groups in total. The van der Waals surface area contributed by atoms with Crippen molar-refractivity contribution in [3.05, 3.63) is 29.6 Å². The van der Waals surface area contributed by atoms with Gasteiger partial charge in [0, 0.05) is 25.7 Å². The highest BCUT2D eigenvalue weighted by Gasteiger charge is 2.22.